The summed E-state index contributed by atoms with van der Waals surface area (Å²) in [6, 6.07) is 6.41. The first-order chi connectivity index (χ1) is 10.5. The van der Waals surface area contributed by atoms with E-state index in [1.165, 1.54) is 0 Å². The highest BCUT2D eigenvalue weighted by Crippen LogP contribution is 2.33. The predicted molar refractivity (Wildman–Crippen MR) is 82.6 cm³/mol. The first-order valence-corrected chi connectivity index (χ1v) is 8.73. The minimum absolute atomic E-state index is 0.178. The van der Waals surface area contributed by atoms with Crippen LogP contribution in [0, 0.1) is 12.8 Å². The lowest BCUT2D eigenvalue weighted by Crippen LogP contribution is -2.41. The Balaban J connectivity index is 1.79. The lowest BCUT2D eigenvalue weighted by Gasteiger charge is -2.16. The Bertz CT molecular complexity index is 749. The number of aromatic nitrogens is 1. The van der Waals surface area contributed by atoms with Crippen molar-refractivity contribution in [1.29, 1.82) is 0 Å². The highest BCUT2D eigenvalue weighted by molar-refractivity contribution is 7.89. The largest absolute Gasteiger partial charge is 0.449 e. The molecule has 6 nitrogen and oxygen atoms in total. The van der Waals surface area contributed by atoms with Gasteiger partial charge in [-0.25, -0.2) is 18.1 Å². The van der Waals surface area contributed by atoms with E-state index in [1.807, 2.05) is 0 Å². The van der Waals surface area contributed by atoms with Crippen LogP contribution in [-0.4, -0.2) is 26.0 Å². The molecule has 0 spiro atoms. The molecule has 1 heterocycles. The monoisotopic (exact) mass is 321 g/mol. The summed E-state index contributed by atoms with van der Waals surface area (Å²) in [4.78, 5) is 4.45. The van der Waals surface area contributed by atoms with Crippen molar-refractivity contribution >= 4 is 10.0 Å². The van der Waals surface area contributed by atoms with E-state index in [0.717, 1.165) is 18.4 Å². The Hall–Kier alpha value is -1.70. The second kappa shape index (κ2) is 5.83. The number of oxazole rings is 1. The number of aryl methyl sites for hydroxylation is 1. The highest BCUT2D eigenvalue weighted by atomic mass is 32.2. The summed E-state index contributed by atoms with van der Waals surface area (Å²) in [5.74, 6) is 0.945. The van der Waals surface area contributed by atoms with Crippen LogP contribution in [0.2, 0.25) is 0 Å². The second-order valence-corrected chi connectivity index (χ2v) is 7.29. The van der Waals surface area contributed by atoms with Crippen molar-refractivity contribution in [3.8, 4) is 11.3 Å². The summed E-state index contributed by atoms with van der Waals surface area (Å²) in [7, 11) is -3.54. The van der Waals surface area contributed by atoms with Crippen LogP contribution in [0.4, 0.5) is 0 Å². The molecular weight excluding hydrogens is 302 g/mol. The van der Waals surface area contributed by atoms with E-state index in [1.54, 1.807) is 37.5 Å². The van der Waals surface area contributed by atoms with E-state index >= 15 is 0 Å². The van der Waals surface area contributed by atoms with Crippen LogP contribution in [0.1, 0.15) is 18.7 Å². The van der Waals surface area contributed by atoms with Gasteiger partial charge < -0.3 is 10.2 Å². The lowest BCUT2D eigenvalue weighted by atomic mass is 10.2. The maximum absolute atomic E-state index is 12.4. The zero-order chi connectivity index (χ0) is 15.7. The average molecular weight is 321 g/mol. The zero-order valence-electron chi connectivity index (χ0n) is 12.3. The van der Waals surface area contributed by atoms with Crippen LogP contribution in [-0.2, 0) is 10.0 Å². The van der Waals surface area contributed by atoms with Gasteiger partial charge in [-0.1, -0.05) is 12.1 Å². The molecule has 1 unspecified atom stereocenters. The normalized spacial score (nSPS) is 16.6. The van der Waals surface area contributed by atoms with Crippen LogP contribution >= 0.6 is 0 Å². The SMILES string of the molecule is Cc1nc(-c2ccc(S(=O)(=O)NC(CN)C3CC3)cc2)co1. The van der Waals surface area contributed by atoms with E-state index in [9.17, 15) is 8.42 Å². The van der Waals surface area contributed by atoms with Crippen molar-refractivity contribution in [2.24, 2.45) is 11.7 Å². The van der Waals surface area contributed by atoms with Crippen LogP contribution in [0.25, 0.3) is 11.3 Å². The van der Waals surface area contributed by atoms with Crippen molar-refractivity contribution in [2.45, 2.75) is 30.7 Å². The Morgan fingerprint density at radius 1 is 1.36 bits per heavy atom. The number of nitrogens with two attached hydrogens (primary N) is 1. The third-order valence-electron chi connectivity index (χ3n) is 3.83. The van der Waals surface area contributed by atoms with Crippen LogP contribution in [0.5, 0.6) is 0 Å². The first kappa shape index (κ1) is 15.2. The molecule has 22 heavy (non-hydrogen) atoms. The van der Waals surface area contributed by atoms with Gasteiger partial charge in [-0.15, -0.1) is 0 Å². The Kier molecular flexibility index (Phi) is 4.03. The fourth-order valence-corrected chi connectivity index (χ4v) is 3.72. The molecule has 7 heteroatoms. The van der Waals surface area contributed by atoms with Gasteiger partial charge in [0.2, 0.25) is 10.0 Å². The van der Waals surface area contributed by atoms with Gasteiger partial charge in [0.05, 0.1) is 4.90 Å². The molecule has 0 saturated heterocycles. The zero-order valence-corrected chi connectivity index (χ0v) is 13.1. The van der Waals surface area contributed by atoms with E-state index in [2.05, 4.69) is 9.71 Å². The number of sulfonamides is 1. The Labute approximate surface area is 129 Å². The average Bonchev–Trinajstić information content (AvgIpc) is 3.26. The third-order valence-corrected chi connectivity index (χ3v) is 5.34. The van der Waals surface area contributed by atoms with Crippen molar-refractivity contribution < 1.29 is 12.8 Å². The van der Waals surface area contributed by atoms with Crippen LogP contribution < -0.4 is 10.5 Å². The molecule has 3 N–H and O–H groups in total. The fourth-order valence-electron chi connectivity index (χ4n) is 2.40. The molecule has 1 aromatic heterocycles. The third kappa shape index (κ3) is 3.21. The summed E-state index contributed by atoms with van der Waals surface area (Å²) >= 11 is 0. The number of hydrogen-bond donors (Lipinski definition) is 2. The summed E-state index contributed by atoms with van der Waals surface area (Å²) in [5.41, 5.74) is 7.16. The van der Waals surface area contributed by atoms with Gasteiger partial charge >= 0.3 is 0 Å². The van der Waals surface area contributed by atoms with Crippen molar-refractivity contribution in [3.05, 3.63) is 36.4 Å². The van der Waals surface area contributed by atoms with Crippen LogP contribution in [0.15, 0.2) is 39.8 Å². The van der Waals surface area contributed by atoms with Gasteiger partial charge in [0.25, 0.3) is 0 Å². The number of hydrogen-bond acceptors (Lipinski definition) is 5. The van der Waals surface area contributed by atoms with Crippen molar-refractivity contribution in [2.75, 3.05) is 6.54 Å². The number of nitrogens with zero attached hydrogens (tertiary/aromatic N) is 1. The molecule has 118 valence electrons. The summed E-state index contributed by atoms with van der Waals surface area (Å²) in [5, 5.41) is 0. The van der Waals surface area contributed by atoms with E-state index < -0.39 is 10.0 Å². The topological polar surface area (TPSA) is 98.2 Å². The fraction of sp³-hybridized carbons (Fsp3) is 0.400. The van der Waals surface area contributed by atoms with Gasteiger partial charge in [0, 0.05) is 25.1 Å². The molecule has 0 aliphatic heterocycles. The summed E-state index contributed by atoms with van der Waals surface area (Å²) in [6.45, 7) is 2.08. The van der Waals surface area contributed by atoms with E-state index in [4.69, 9.17) is 10.2 Å². The molecule has 1 aliphatic rings. The molecule has 2 aromatic rings. The second-order valence-electron chi connectivity index (χ2n) is 5.58. The summed E-state index contributed by atoms with van der Waals surface area (Å²) < 4.78 is 32.6. The van der Waals surface area contributed by atoms with Crippen molar-refractivity contribution in [1.82, 2.24) is 9.71 Å². The minimum atomic E-state index is -3.54. The molecule has 1 aromatic carbocycles. The molecular formula is C15H19N3O3S. The van der Waals surface area contributed by atoms with E-state index in [0.29, 0.717) is 24.0 Å². The molecule has 0 amide bonds. The molecule has 1 saturated carbocycles. The lowest BCUT2D eigenvalue weighted by molar-refractivity contribution is 0.519. The quantitative estimate of drug-likeness (QED) is 0.843. The maximum atomic E-state index is 12.4. The van der Waals surface area contributed by atoms with Crippen molar-refractivity contribution in [3.63, 3.8) is 0 Å². The standard InChI is InChI=1S/C15H19N3O3S/c1-10-17-15(9-21-10)12-4-6-13(7-5-12)22(19,20)18-14(8-16)11-2-3-11/h4-7,9,11,14,18H,2-3,8,16H2,1H3. The first-order valence-electron chi connectivity index (χ1n) is 7.24. The molecule has 3 rings (SSSR count). The van der Waals surface area contributed by atoms with Crippen LogP contribution in [0.3, 0.4) is 0 Å². The molecule has 1 aliphatic carbocycles. The Morgan fingerprint density at radius 3 is 2.55 bits per heavy atom. The maximum Gasteiger partial charge on any atom is 0.240 e. The van der Waals surface area contributed by atoms with Gasteiger partial charge in [0.15, 0.2) is 5.89 Å². The van der Waals surface area contributed by atoms with E-state index in [-0.39, 0.29) is 10.9 Å². The van der Waals surface area contributed by atoms with Gasteiger partial charge in [0.1, 0.15) is 12.0 Å². The highest BCUT2D eigenvalue weighted by Gasteiger charge is 2.33. The van der Waals surface area contributed by atoms with Gasteiger partial charge in [-0.05, 0) is 30.9 Å². The minimum Gasteiger partial charge on any atom is -0.449 e. The number of benzene rings is 1. The summed E-state index contributed by atoms with van der Waals surface area (Å²) in [6.07, 6.45) is 3.62. The predicted octanol–water partition coefficient (Wildman–Crippen LogP) is 1.67. The molecule has 0 radical (unpaired) electrons. The molecule has 0 bridgehead atoms. The van der Waals surface area contributed by atoms with Gasteiger partial charge in [-0.2, -0.15) is 0 Å². The smallest absolute Gasteiger partial charge is 0.240 e. The number of rotatable bonds is 6. The van der Waals surface area contributed by atoms with Gasteiger partial charge in [-0.3, -0.25) is 0 Å². The molecule has 1 atom stereocenters. The number of nitrogens with one attached hydrogen (secondary N) is 1. The Morgan fingerprint density at radius 2 is 2.05 bits per heavy atom. The molecule has 1 fully saturated rings.